The Bertz CT molecular complexity index is 667. The van der Waals surface area contributed by atoms with Gasteiger partial charge >= 0.3 is 0 Å². The Kier molecular flexibility index (Phi) is 3.19. The summed E-state index contributed by atoms with van der Waals surface area (Å²) in [6.45, 7) is 2.04. The number of nitrogens with zero attached hydrogens (tertiary/aromatic N) is 2. The molecule has 96 valence electrons. The van der Waals surface area contributed by atoms with E-state index in [4.69, 9.17) is 0 Å². The Morgan fingerprint density at radius 3 is 2.84 bits per heavy atom. The number of hydrogen-bond donors (Lipinski definition) is 0. The zero-order valence-corrected chi connectivity index (χ0v) is 12.2. The highest BCUT2D eigenvalue weighted by molar-refractivity contribution is 9.10. The zero-order valence-electron chi connectivity index (χ0n) is 10.6. The number of carbonyl (C=O) groups is 1. The van der Waals surface area contributed by atoms with E-state index in [2.05, 4.69) is 25.9 Å². The van der Waals surface area contributed by atoms with Gasteiger partial charge in [-0.2, -0.15) is 0 Å². The Hall–Kier alpha value is -1.55. The van der Waals surface area contributed by atoms with Gasteiger partial charge in [-0.15, -0.1) is 0 Å². The van der Waals surface area contributed by atoms with Gasteiger partial charge in [0, 0.05) is 22.7 Å². The molecule has 0 atom stereocenters. The molecule has 0 bridgehead atoms. The van der Waals surface area contributed by atoms with Gasteiger partial charge in [-0.25, -0.2) is 9.97 Å². The first-order valence-electron chi connectivity index (χ1n) is 6.31. The van der Waals surface area contributed by atoms with E-state index in [1.54, 1.807) is 6.20 Å². The van der Waals surface area contributed by atoms with Crippen LogP contribution in [0.1, 0.15) is 34.5 Å². The molecule has 3 rings (SSSR count). The first-order valence-corrected chi connectivity index (χ1v) is 7.10. The van der Waals surface area contributed by atoms with Crippen molar-refractivity contribution in [3.8, 4) is 11.4 Å². The molecule has 0 aliphatic heterocycles. The lowest BCUT2D eigenvalue weighted by molar-refractivity contribution is 0.0971. The molecule has 0 amide bonds. The van der Waals surface area contributed by atoms with Crippen LogP contribution in [-0.4, -0.2) is 15.8 Å². The third-order valence-electron chi connectivity index (χ3n) is 3.35. The average molecular weight is 317 g/mol. The lowest BCUT2D eigenvalue weighted by Crippen LogP contribution is -2.13. The molecule has 1 aliphatic rings. The maximum absolute atomic E-state index is 11.8. The first kappa shape index (κ1) is 12.5. The second-order valence-corrected chi connectivity index (χ2v) is 5.67. The van der Waals surface area contributed by atoms with Gasteiger partial charge < -0.3 is 0 Å². The largest absolute Gasteiger partial charge is 0.294 e. The Labute approximate surface area is 120 Å². The molecule has 19 heavy (non-hydrogen) atoms. The molecule has 3 nitrogen and oxygen atoms in total. The van der Waals surface area contributed by atoms with Crippen LogP contribution in [0.15, 0.2) is 28.9 Å². The molecule has 2 aromatic rings. The summed E-state index contributed by atoms with van der Waals surface area (Å²) in [5.41, 5.74) is 3.72. The van der Waals surface area contributed by atoms with Crippen molar-refractivity contribution in [2.24, 2.45) is 0 Å². The maximum Gasteiger partial charge on any atom is 0.166 e. The second-order valence-electron chi connectivity index (χ2n) is 4.81. The van der Waals surface area contributed by atoms with Gasteiger partial charge in [-0.1, -0.05) is 22.0 Å². The summed E-state index contributed by atoms with van der Waals surface area (Å²) in [5, 5.41) is 0. The van der Waals surface area contributed by atoms with Crippen molar-refractivity contribution < 1.29 is 4.79 Å². The quantitative estimate of drug-likeness (QED) is 0.805. The van der Waals surface area contributed by atoms with Crippen LogP contribution in [0.2, 0.25) is 0 Å². The molecule has 1 heterocycles. The molecule has 0 fully saturated rings. The predicted octanol–water partition coefficient (Wildman–Crippen LogP) is 3.73. The van der Waals surface area contributed by atoms with Crippen LogP contribution >= 0.6 is 15.9 Å². The molecule has 0 unspecified atom stereocenters. The van der Waals surface area contributed by atoms with Gasteiger partial charge in [0.25, 0.3) is 0 Å². The van der Waals surface area contributed by atoms with Crippen molar-refractivity contribution in [2.75, 3.05) is 0 Å². The van der Waals surface area contributed by atoms with E-state index < -0.39 is 0 Å². The highest BCUT2D eigenvalue weighted by Crippen LogP contribution is 2.28. The summed E-state index contributed by atoms with van der Waals surface area (Å²) in [4.78, 5) is 20.7. The number of aromatic nitrogens is 2. The molecule has 0 saturated heterocycles. The van der Waals surface area contributed by atoms with Crippen molar-refractivity contribution >= 4 is 21.7 Å². The highest BCUT2D eigenvalue weighted by atomic mass is 79.9. The number of aryl methyl sites for hydroxylation is 2. The number of hydrogen-bond acceptors (Lipinski definition) is 3. The number of Topliss-reactive ketones (excluding diaryl/α,β-unsaturated/α-hetero) is 1. The third-order valence-corrected chi connectivity index (χ3v) is 4.01. The zero-order chi connectivity index (χ0) is 13.4. The number of rotatable bonds is 1. The van der Waals surface area contributed by atoms with Gasteiger partial charge in [0.1, 0.15) is 0 Å². The fraction of sp³-hybridized carbons (Fsp3) is 0.267. The molecular formula is C15H13BrN2O. The summed E-state index contributed by atoms with van der Waals surface area (Å²) >= 11 is 3.54. The van der Waals surface area contributed by atoms with Crippen LogP contribution in [-0.2, 0) is 6.42 Å². The molecular weight excluding hydrogens is 304 g/mol. The van der Waals surface area contributed by atoms with Gasteiger partial charge in [-0.3, -0.25) is 4.79 Å². The summed E-state index contributed by atoms with van der Waals surface area (Å²) < 4.78 is 0.981. The van der Waals surface area contributed by atoms with Crippen LogP contribution in [0.3, 0.4) is 0 Å². The molecule has 1 aliphatic carbocycles. The smallest absolute Gasteiger partial charge is 0.166 e. The number of ketones is 1. The standard InChI is InChI=1S/C15H13BrN2O/c1-9-5-6-10(12(16)7-9)15-17-8-11-13(18-15)3-2-4-14(11)19/h5-8H,2-4H2,1H3. The van der Waals surface area contributed by atoms with E-state index in [0.29, 0.717) is 17.8 Å². The van der Waals surface area contributed by atoms with Crippen molar-refractivity contribution in [3.05, 3.63) is 45.7 Å². The monoisotopic (exact) mass is 316 g/mol. The highest BCUT2D eigenvalue weighted by Gasteiger charge is 2.20. The van der Waals surface area contributed by atoms with Gasteiger partial charge in [0.2, 0.25) is 0 Å². The van der Waals surface area contributed by atoms with E-state index in [1.807, 2.05) is 25.1 Å². The summed E-state index contributed by atoms with van der Waals surface area (Å²) in [7, 11) is 0. The van der Waals surface area contributed by atoms with E-state index in [-0.39, 0.29) is 5.78 Å². The number of benzene rings is 1. The normalized spacial score (nSPS) is 14.3. The first-order chi connectivity index (χ1) is 9.15. The Morgan fingerprint density at radius 2 is 2.05 bits per heavy atom. The summed E-state index contributed by atoms with van der Waals surface area (Å²) in [6, 6.07) is 6.09. The van der Waals surface area contributed by atoms with Gasteiger partial charge in [0.15, 0.2) is 11.6 Å². The summed E-state index contributed by atoms with van der Waals surface area (Å²) in [6.07, 6.45) is 4.03. The van der Waals surface area contributed by atoms with Crippen LogP contribution in [0.25, 0.3) is 11.4 Å². The average Bonchev–Trinajstić information content (AvgIpc) is 2.38. The fourth-order valence-electron chi connectivity index (χ4n) is 2.32. The lowest BCUT2D eigenvalue weighted by atomic mass is 9.96. The molecule has 0 spiro atoms. The van der Waals surface area contributed by atoms with E-state index in [9.17, 15) is 4.79 Å². The molecule has 0 saturated carbocycles. The van der Waals surface area contributed by atoms with Crippen LogP contribution in [0.5, 0.6) is 0 Å². The molecule has 1 aromatic heterocycles. The van der Waals surface area contributed by atoms with Crippen LogP contribution in [0.4, 0.5) is 0 Å². The van der Waals surface area contributed by atoms with Crippen molar-refractivity contribution in [2.45, 2.75) is 26.2 Å². The Balaban J connectivity index is 2.09. The van der Waals surface area contributed by atoms with Gasteiger partial charge in [0.05, 0.1) is 11.3 Å². The second kappa shape index (κ2) is 4.85. The molecule has 0 radical (unpaired) electrons. The minimum Gasteiger partial charge on any atom is -0.294 e. The molecule has 1 aromatic carbocycles. The summed E-state index contributed by atoms with van der Waals surface area (Å²) in [5.74, 6) is 0.844. The maximum atomic E-state index is 11.8. The van der Waals surface area contributed by atoms with Crippen LogP contribution < -0.4 is 0 Å². The number of carbonyl (C=O) groups excluding carboxylic acids is 1. The minimum absolute atomic E-state index is 0.163. The van der Waals surface area contributed by atoms with Crippen molar-refractivity contribution in [3.63, 3.8) is 0 Å². The fourth-order valence-corrected chi connectivity index (χ4v) is 2.99. The van der Waals surface area contributed by atoms with E-state index in [0.717, 1.165) is 28.6 Å². The molecule has 4 heteroatoms. The number of halogens is 1. The van der Waals surface area contributed by atoms with Crippen molar-refractivity contribution in [1.82, 2.24) is 9.97 Å². The van der Waals surface area contributed by atoms with Gasteiger partial charge in [-0.05, 0) is 37.5 Å². The predicted molar refractivity (Wildman–Crippen MR) is 77.2 cm³/mol. The minimum atomic E-state index is 0.163. The lowest BCUT2D eigenvalue weighted by Gasteiger charge is -2.14. The van der Waals surface area contributed by atoms with Crippen LogP contribution in [0, 0.1) is 6.92 Å². The van der Waals surface area contributed by atoms with E-state index in [1.165, 1.54) is 5.56 Å². The third kappa shape index (κ3) is 2.32. The van der Waals surface area contributed by atoms with Crippen molar-refractivity contribution in [1.29, 1.82) is 0 Å². The topological polar surface area (TPSA) is 42.9 Å². The number of fused-ring (bicyclic) bond motifs is 1. The Morgan fingerprint density at radius 1 is 1.21 bits per heavy atom. The van der Waals surface area contributed by atoms with E-state index >= 15 is 0 Å². The SMILES string of the molecule is Cc1ccc(-c2ncc3c(n2)CCCC3=O)c(Br)c1. The molecule has 0 N–H and O–H groups in total.